The van der Waals surface area contributed by atoms with Crippen LogP contribution in [0.25, 0.3) is 22.5 Å². The Labute approximate surface area is 214 Å². The number of benzene rings is 4. The first-order valence-corrected chi connectivity index (χ1v) is 12.1. The molecule has 2 aromatic heterocycles. The van der Waals surface area contributed by atoms with Crippen molar-refractivity contribution in [1.82, 2.24) is 30.0 Å². The molecule has 0 amide bonds. The lowest BCUT2D eigenvalue weighted by Gasteiger charge is -2.08. The fraction of sp³-hybridized carbons (Fsp3) is 0.0667. The Morgan fingerprint density at radius 3 is 1.43 bits per heavy atom. The quantitative estimate of drug-likeness (QED) is 0.261. The molecule has 0 N–H and O–H groups in total. The van der Waals surface area contributed by atoms with Crippen LogP contribution < -0.4 is 4.74 Å². The van der Waals surface area contributed by atoms with Crippen molar-refractivity contribution in [3.63, 3.8) is 0 Å². The van der Waals surface area contributed by atoms with Crippen molar-refractivity contribution in [2.75, 3.05) is 0 Å². The van der Waals surface area contributed by atoms with E-state index in [-0.39, 0.29) is 0 Å². The molecule has 2 heterocycles. The van der Waals surface area contributed by atoms with Gasteiger partial charge in [0.15, 0.2) is 0 Å². The summed E-state index contributed by atoms with van der Waals surface area (Å²) in [5, 5.41) is 17.3. The first-order chi connectivity index (χ1) is 18.3. The highest BCUT2D eigenvalue weighted by molar-refractivity contribution is 5.62. The van der Waals surface area contributed by atoms with Crippen LogP contribution in [0.1, 0.15) is 11.1 Å². The topological polar surface area (TPSA) is 70.7 Å². The van der Waals surface area contributed by atoms with Crippen molar-refractivity contribution in [2.45, 2.75) is 13.1 Å². The van der Waals surface area contributed by atoms with E-state index in [0.29, 0.717) is 13.1 Å². The number of aromatic nitrogens is 6. The van der Waals surface area contributed by atoms with Crippen molar-refractivity contribution in [3.8, 4) is 34.0 Å². The van der Waals surface area contributed by atoms with Gasteiger partial charge in [-0.1, -0.05) is 95.4 Å². The zero-order valence-corrected chi connectivity index (χ0v) is 20.1. The molecule has 180 valence electrons. The van der Waals surface area contributed by atoms with E-state index < -0.39 is 0 Å². The van der Waals surface area contributed by atoms with E-state index >= 15 is 0 Å². The summed E-state index contributed by atoms with van der Waals surface area (Å²) in [6, 6.07) is 36.1. The van der Waals surface area contributed by atoms with Gasteiger partial charge in [-0.2, -0.15) is 0 Å². The Hall–Kier alpha value is -5.04. The standard InChI is InChI=1S/C30H24N6O/c1-3-9-23(10-4-1)19-35-21-29(31-33-35)25-13-7-15-27(17-25)37-28-16-8-14-26(18-28)30-22-36(34-32-30)20-24-11-5-2-6-12-24/h1-18,21-22H,19-20H2. The predicted molar refractivity (Wildman–Crippen MR) is 142 cm³/mol. The van der Waals surface area contributed by atoms with Gasteiger partial charge >= 0.3 is 0 Å². The second-order valence-corrected chi connectivity index (χ2v) is 8.73. The Balaban J connectivity index is 1.16. The minimum atomic E-state index is 0.673. The average molecular weight is 485 g/mol. The second kappa shape index (κ2) is 10.3. The summed E-state index contributed by atoms with van der Waals surface area (Å²) in [5.41, 5.74) is 5.83. The van der Waals surface area contributed by atoms with Gasteiger partial charge in [0.1, 0.15) is 22.9 Å². The molecule has 0 saturated heterocycles. The van der Waals surface area contributed by atoms with Crippen LogP contribution in [-0.2, 0) is 13.1 Å². The first-order valence-electron chi connectivity index (χ1n) is 12.1. The van der Waals surface area contributed by atoms with Crippen LogP contribution >= 0.6 is 0 Å². The van der Waals surface area contributed by atoms with Gasteiger partial charge in [-0.05, 0) is 35.4 Å². The van der Waals surface area contributed by atoms with Crippen molar-refractivity contribution >= 4 is 0 Å². The monoisotopic (exact) mass is 484 g/mol. The molecular formula is C30H24N6O. The van der Waals surface area contributed by atoms with Gasteiger partial charge in [0.2, 0.25) is 0 Å². The Morgan fingerprint density at radius 2 is 0.973 bits per heavy atom. The van der Waals surface area contributed by atoms with Gasteiger partial charge in [0.05, 0.1) is 25.5 Å². The van der Waals surface area contributed by atoms with E-state index in [9.17, 15) is 0 Å². The molecule has 0 atom stereocenters. The molecule has 0 fully saturated rings. The van der Waals surface area contributed by atoms with E-state index in [4.69, 9.17) is 4.74 Å². The number of rotatable bonds is 8. The summed E-state index contributed by atoms with van der Waals surface area (Å²) in [6.45, 7) is 1.35. The van der Waals surface area contributed by atoms with Crippen molar-refractivity contribution < 1.29 is 4.74 Å². The molecule has 6 rings (SSSR count). The maximum absolute atomic E-state index is 6.20. The van der Waals surface area contributed by atoms with Crippen LogP contribution in [0, 0.1) is 0 Å². The third-order valence-corrected chi connectivity index (χ3v) is 5.95. The van der Waals surface area contributed by atoms with Gasteiger partial charge < -0.3 is 4.74 Å². The number of ether oxygens (including phenoxy) is 1. The van der Waals surface area contributed by atoms with E-state index in [1.165, 1.54) is 11.1 Å². The average Bonchev–Trinajstić information content (AvgIpc) is 3.60. The number of nitrogens with zero attached hydrogens (tertiary/aromatic N) is 6. The molecule has 0 unspecified atom stereocenters. The van der Waals surface area contributed by atoms with Gasteiger partial charge in [-0.15, -0.1) is 10.2 Å². The van der Waals surface area contributed by atoms with Gasteiger partial charge in [0, 0.05) is 11.1 Å². The van der Waals surface area contributed by atoms with E-state index in [0.717, 1.165) is 34.0 Å². The fourth-order valence-corrected chi connectivity index (χ4v) is 4.13. The summed E-state index contributed by atoms with van der Waals surface area (Å²) < 4.78 is 9.88. The Bertz CT molecular complexity index is 1490. The van der Waals surface area contributed by atoms with Gasteiger partial charge in [-0.3, -0.25) is 0 Å². The van der Waals surface area contributed by atoms with Crippen LogP contribution in [0.15, 0.2) is 122 Å². The molecule has 4 aromatic carbocycles. The third kappa shape index (κ3) is 5.46. The number of hydrogen-bond donors (Lipinski definition) is 0. The van der Waals surface area contributed by atoms with Gasteiger partial charge in [0.25, 0.3) is 0 Å². The minimum Gasteiger partial charge on any atom is -0.457 e. The fourth-order valence-electron chi connectivity index (χ4n) is 4.13. The molecule has 0 aliphatic heterocycles. The lowest BCUT2D eigenvalue weighted by molar-refractivity contribution is 0.483. The highest BCUT2D eigenvalue weighted by Gasteiger charge is 2.09. The summed E-state index contributed by atoms with van der Waals surface area (Å²) >= 11 is 0. The normalized spacial score (nSPS) is 10.9. The van der Waals surface area contributed by atoms with Crippen molar-refractivity contribution in [3.05, 3.63) is 133 Å². The second-order valence-electron chi connectivity index (χ2n) is 8.73. The zero-order valence-electron chi connectivity index (χ0n) is 20.1. The summed E-state index contributed by atoms with van der Waals surface area (Å²) in [5.74, 6) is 1.44. The molecule has 7 nitrogen and oxygen atoms in total. The minimum absolute atomic E-state index is 0.673. The largest absolute Gasteiger partial charge is 0.457 e. The van der Waals surface area contributed by atoms with Gasteiger partial charge in [-0.25, -0.2) is 9.36 Å². The predicted octanol–water partition coefficient (Wildman–Crippen LogP) is 6.09. The zero-order chi connectivity index (χ0) is 24.9. The molecule has 0 saturated carbocycles. The molecular weight excluding hydrogens is 460 g/mol. The van der Waals surface area contributed by atoms with Crippen LogP contribution in [0.3, 0.4) is 0 Å². The van der Waals surface area contributed by atoms with Crippen LogP contribution in [0.2, 0.25) is 0 Å². The Kier molecular flexibility index (Phi) is 6.24. The van der Waals surface area contributed by atoms with E-state index in [1.807, 2.05) is 107 Å². The van der Waals surface area contributed by atoms with Crippen LogP contribution in [0.4, 0.5) is 0 Å². The smallest absolute Gasteiger partial charge is 0.128 e. The molecule has 7 heteroatoms. The molecule has 0 spiro atoms. The maximum Gasteiger partial charge on any atom is 0.128 e. The van der Waals surface area contributed by atoms with Crippen molar-refractivity contribution in [2.24, 2.45) is 0 Å². The lowest BCUT2D eigenvalue weighted by Crippen LogP contribution is -1.99. The van der Waals surface area contributed by atoms with Crippen LogP contribution in [0.5, 0.6) is 11.5 Å². The molecule has 0 bridgehead atoms. The molecule has 37 heavy (non-hydrogen) atoms. The molecule has 0 aliphatic rings. The lowest BCUT2D eigenvalue weighted by atomic mass is 10.1. The maximum atomic E-state index is 6.20. The van der Waals surface area contributed by atoms with Crippen LogP contribution in [-0.4, -0.2) is 30.0 Å². The SMILES string of the molecule is c1ccc(Cn2cc(-c3cccc(Oc4cccc(-c5cn(Cc6ccccc6)nn5)c4)c3)nn2)cc1. The van der Waals surface area contributed by atoms with E-state index in [2.05, 4.69) is 44.9 Å². The summed E-state index contributed by atoms with van der Waals surface area (Å²) in [4.78, 5) is 0. The van der Waals surface area contributed by atoms with Crippen molar-refractivity contribution in [1.29, 1.82) is 0 Å². The van der Waals surface area contributed by atoms with E-state index in [1.54, 1.807) is 0 Å². The molecule has 0 aliphatic carbocycles. The Morgan fingerprint density at radius 1 is 0.514 bits per heavy atom. The highest BCUT2D eigenvalue weighted by atomic mass is 16.5. The summed E-state index contributed by atoms with van der Waals surface area (Å²) in [6.07, 6.45) is 3.90. The molecule has 0 radical (unpaired) electrons. The number of hydrogen-bond acceptors (Lipinski definition) is 5. The third-order valence-electron chi connectivity index (χ3n) is 5.95. The summed E-state index contributed by atoms with van der Waals surface area (Å²) in [7, 11) is 0. The highest BCUT2D eigenvalue weighted by Crippen LogP contribution is 2.29. The first kappa shape index (κ1) is 22.4. The molecule has 6 aromatic rings.